The molecule has 0 aliphatic heterocycles. The van der Waals surface area contributed by atoms with Crippen molar-refractivity contribution < 1.29 is 4.79 Å². The van der Waals surface area contributed by atoms with Crippen molar-refractivity contribution in [1.82, 2.24) is 0 Å². The smallest absolute Gasteiger partial charge is 0.267 e. The van der Waals surface area contributed by atoms with Crippen molar-refractivity contribution in [2.45, 2.75) is 6.92 Å². The van der Waals surface area contributed by atoms with E-state index in [0.717, 1.165) is 14.8 Å². The normalized spacial score (nSPS) is 10.7. The van der Waals surface area contributed by atoms with Gasteiger partial charge in [0.25, 0.3) is 5.91 Å². The third-order valence-electron chi connectivity index (χ3n) is 2.90. The van der Waals surface area contributed by atoms with E-state index in [1.807, 2.05) is 49.4 Å². The molecule has 0 aromatic heterocycles. The molecular formula is C17H14IN3O. The summed E-state index contributed by atoms with van der Waals surface area (Å²) in [6.45, 7) is 1.97. The van der Waals surface area contributed by atoms with Crippen LogP contribution in [0.25, 0.3) is 0 Å². The summed E-state index contributed by atoms with van der Waals surface area (Å²) in [4.78, 5) is 12.1. The second-order valence-corrected chi connectivity index (χ2v) is 5.89. The number of carbonyl (C=O) groups is 1. The molecule has 110 valence electrons. The van der Waals surface area contributed by atoms with Crippen LogP contribution in [-0.4, -0.2) is 5.91 Å². The van der Waals surface area contributed by atoms with Crippen LogP contribution < -0.4 is 10.6 Å². The lowest BCUT2D eigenvalue weighted by Gasteiger charge is -2.05. The number of carbonyl (C=O) groups excluding carboxylic acids is 1. The molecule has 2 rings (SSSR count). The molecule has 2 aromatic carbocycles. The molecule has 0 atom stereocenters. The van der Waals surface area contributed by atoms with Gasteiger partial charge in [-0.15, -0.1) is 0 Å². The SMILES string of the molecule is Cc1ccc(NC(=O)/C(C#N)=C\Nc2ccc(I)cc2)cc1. The number of nitrogens with zero attached hydrogens (tertiary/aromatic N) is 1. The molecule has 0 aliphatic rings. The van der Waals surface area contributed by atoms with Crippen LogP contribution in [0.4, 0.5) is 11.4 Å². The van der Waals surface area contributed by atoms with Crippen LogP contribution in [0.15, 0.2) is 60.3 Å². The minimum absolute atomic E-state index is 0.0131. The van der Waals surface area contributed by atoms with Crippen molar-refractivity contribution in [1.29, 1.82) is 5.26 Å². The third kappa shape index (κ3) is 4.60. The first-order valence-electron chi connectivity index (χ1n) is 6.59. The number of rotatable bonds is 4. The Kier molecular flexibility index (Phi) is 5.55. The Labute approximate surface area is 143 Å². The van der Waals surface area contributed by atoms with Crippen LogP contribution in [-0.2, 0) is 4.79 Å². The van der Waals surface area contributed by atoms with Gasteiger partial charge in [-0.3, -0.25) is 4.79 Å². The fourth-order valence-corrected chi connectivity index (χ4v) is 2.05. The fourth-order valence-electron chi connectivity index (χ4n) is 1.69. The largest absolute Gasteiger partial charge is 0.360 e. The van der Waals surface area contributed by atoms with Crippen LogP contribution in [0, 0.1) is 21.8 Å². The number of aryl methyl sites for hydroxylation is 1. The standard InChI is InChI=1S/C17H14IN3O/c1-12-2-6-16(7-3-12)21-17(22)13(10-19)11-20-15-8-4-14(18)5-9-15/h2-9,11,20H,1H3,(H,21,22)/b13-11-. The van der Waals surface area contributed by atoms with Crippen LogP contribution >= 0.6 is 22.6 Å². The summed E-state index contributed by atoms with van der Waals surface area (Å²) in [6, 6.07) is 16.9. The van der Waals surface area contributed by atoms with Crippen LogP contribution in [0.5, 0.6) is 0 Å². The van der Waals surface area contributed by atoms with Gasteiger partial charge in [0.15, 0.2) is 0 Å². The molecular weight excluding hydrogens is 389 g/mol. The summed E-state index contributed by atoms with van der Waals surface area (Å²) >= 11 is 2.21. The molecule has 5 heteroatoms. The monoisotopic (exact) mass is 403 g/mol. The van der Waals surface area contributed by atoms with E-state index in [4.69, 9.17) is 5.26 Å². The van der Waals surface area contributed by atoms with Gasteiger partial charge in [0, 0.05) is 21.1 Å². The first-order chi connectivity index (χ1) is 10.6. The molecule has 0 saturated heterocycles. The highest BCUT2D eigenvalue weighted by molar-refractivity contribution is 14.1. The Balaban J connectivity index is 2.05. The molecule has 0 aliphatic carbocycles. The molecule has 22 heavy (non-hydrogen) atoms. The van der Waals surface area contributed by atoms with Gasteiger partial charge in [0.1, 0.15) is 11.6 Å². The highest BCUT2D eigenvalue weighted by Gasteiger charge is 2.09. The number of nitrogens with one attached hydrogen (secondary N) is 2. The summed E-state index contributed by atoms with van der Waals surface area (Å²) in [5.74, 6) is -0.440. The van der Waals surface area contributed by atoms with Crippen LogP contribution in [0.3, 0.4) is 0 Å². The van der Waals surface area contributed by atoms with E-state index in [2.05, 4.69) is 33.2 Å². The molecule has 0 saturated carbocycles. The number of amides is 1. The Bertz CT molecular complexity index is 728. The molecule has 0 bridgehead atoms. The minimum atomic E-state index is -0.440. The lowest BCUT2D eigenvalue weighted by Crippen LogP contribution is -2.14. The minimum Gasteiger partial charge on any atom is -0.360 e. The quantitative estimate of drug-likeness (QED) is 0.460. The fraction of sp³-hybridized carbons (Fsp3) is 0.0588. The third-order valence-corrected chi connectivity index (χ3v) is 3.62. The summed E-state index contributed by atoms with van der Waals surface area (Å²) in [5.41, 5.74) is 2.59. The predicted molar refractivity (Wildman–Crippen MR) is 96.3 cm³/mol. The second kappa shape index (κ2) is 7.61. The van der Waals surface area contributed by atoms with Gasteiger partial charge >= 0.3 is 0 Å². The molecule has 0 fully saturated rings. The van der Waals surface area contributed by atoms with Gasteiger partial charge in [-0.1, -0.05) is 17.7 Å². The average molecular weight is 403 g/mol. The zero-order valence-electron chi connectivity index (χ0n) is 11.9. The molecule has 2 N–H and O–H groups in total. The van der Waals surface area contributed by atoms with E-state index in [-0.39, 0.29) is 5.57 Å². The molecule has 4 nitrogen and oxygen atoms in total. The van der Waals surface area contributed by atoms with E-state index in [1.54, 1.807) is 12.1 Å². The Morgan fingerprint density at radius 3 is 2.27 bits per heavy atom. The molecule has 0 spiro atoms. The van der Waals surface area contributed by atoms with Gasteiger partial charge < -0.3 is 10.6 Å². The van der Waals surface area contributed by atoms with Crippen molar-refractivity contribution >= 4 is 39.9 Å². The number of benzene rings is 2. The van der Waals surface area contributed by atoms with Gasteiger partial charge in [0.05, 0.1) is 0 Å². The highest BCUT2D eigenvalue weighted by Crippen LogP contribution is 2.13. The van der Waals surface area contributed by atoms with E-state index in [9.17, 15) is 4.79 Å². The van der Waals surface area contributed by atoms with Gasteiger partial charge in [-0.05, 0) is 65.9 Å². The summed E-state index contributed by atoms with van der Waals surface area (Å²) in [6.07, 6.45) is 1.41. The number of anilines is 2. The first kappa shape index (κ1) is 16.0. The van der Waals surface area contributed by atoms with Gasteiger partial charge in [-0.2, -0.15) is 5.26 Å². The van der Waals surface area contributed by atoms with E-state index in [0.29, 0.717) is 5.69 Å². The Morgan fingerprint density at radius 1 is 1.09 bits per heavy atom. The maximum absolute atomic E-state index is 12.1. The molecule has 0 radical (unpaired) electrons. The van der Waals surface area contributed by atoms with Crippen molar-refractivity contribution in [3.05, 3.63) is 69.4 Å². The molecule has 0 unspecified atom stereocenters. The zero-order chi connectivity index (χ0) is 15.9. The Morgan fingerprint density at radius 2 is 1.68 bits per heavy atom. The maximum atomic E-state index is 12.1. The van der Waals surface area contributed by atoms with Crippen LogP contribution in [0.2, 0.25) is 0 Å². The van der Waals surface area contributed by atoms with Crippen molar-refractivity contribution in [2.75, 3.05) is 10.6 Å². The molecule has 2 aromatic rings. The highest BCUT2D eigenvalue weighted by atomic mass is 127. The number of hydrogen-bond donors (Lipinski definition) is 2. The number of halogens is 1. The summed E-state index contributed by atoms with van der Waals surface area (Å²) in [7, 11) is 0. The number of nitriles is 1. The summed E-state index contributed by atoms with van der Waals surface area (Å²) in [5, 5.41) is 14.8. The molecule has 0 heterocycles. The van der Waals surface area contributed by atoms with Crippen LogP contribution in [0.1, 0.15) is 5.56 Å². The van der Waals surface area contributed by atoms with E-state index >= 15 is 0 Å². The zero-order valence-corrected chi connectivity index (χ0v) is 14.1. The van der Waals surface area contributed by atoms with Crippen molar-refractivity contribution in [3.8, 4) is 6.07 Å². The topological polar surface area (TPSA) is 64.9 Å². The predicted octanol–water partition coefficient (Wildman–Crippen LogP) is 4.06. The Hall–Kier alpha value is -2.33. The van der Waals surface area contributed by atoms with Gasteiger partial charge in [-0.25, -0.2) is 0 Å². The second-order valence-electron chi connectivity index (χ2n) is 4.64. The first-order valence-corrected chi connectivity index (χ1v) is 7.67. The van der Waals surface area contributed by atoms with E-state index in [1.165, 1.54) is 6.20 Å². The lowest BCUT2D eigenvalue weighted by atomic mass is 10.2. The van der Waals surface area contributed by atoms with E-state index < -0.39 is 5.91 Å². The number of hydrogen-bond acceptors (Lipinski definition) is 3. The summed E-state index contributed by atoms with van der Waals surface area (Å²) < 4.78 is 1.12. The molecule has 1 amide bonds. The van der Waals surface area contributed by atoms with Crippen molar-refractivity contribution in [3.63, 3.8) is 0 Å². The lowest BCUT2D eigenvalue weighted by molar-refractivity contribution is -0.112. The maximum Gasteiger partial charge on any atom is 0.267 e. The van der Waals surface area contributed by atoms with Gasteiger partial charge in [0.2, 0.25) is 0 Å². The average Bonchev–Trinajstić information content (AvgIpc) is 2.52. The van der Waals surface area contributed by atoms with Crippen molar-refractivity contribution in [2.24, 2.45) is 0 Å².